The zero-order chi connectivity index (χ0) is 43.7. The number of fused-ring (bicyclic) bond motifs is 7. The van der Waals surface area contributed by atoms with Crippen LogP contribution >= 0.6 is 17.1 Å². The quantitative estimate of drug-likeness (QED) is 0.128. The summed E-state index contributed by atoms with van der Waals surface area (Å²) in [6, 6.07) is 0.158. The van der Waals surface area contributed by atoms with Crippen molar-refractivity contribution in [3.8, 4) is 12.1 Å². The molecule has 0 aromatic carbocycles. The maximum Gasteiger partial charge on any atom is 0.333 e. The molecule has 1 aliphatic carbocycles. The summed E-state index contributed by atoms with van der Waals surface area (Å²) < 4.78 is 52.2. The van der Waals surface area contributed by atoms with E-state index in [1.54, 1.807) is 13.8 Å². The number of hydrogen-bond donors (Lipinski definition) is 2. The van der Waals surface area contributed by atoms with Crippen molar-refractivity contribution >= 4 is 52.8 Å². The van der Waals surface area contributed by atoms with Crippen LogP contribution in [0.1, 0.15) is 87.0 Å². The van der Waals surface area contributed by atoms with Crippen LogP contribution in [-0.2, 0) is 56.0 Å². The summed E-state index contributed by atoms with van der Waals surface area (Å²) in [6.45, 7) is 11.9. The average molecular weight is 882 g/mol. The van der Waals surface area contributed by atoms with Gasteiger partial charge < -0.3 is 41.6 Å². The fourth-order valence-corrected chi connectivity index (χ4v) is 11.8. The van der Waals surface area contributed by atoms with Crippen LogP contribution in [0.25, 0.3) is 0 Å². The summed E-state index contributed by atoms with van der Waals surface area (Å²) in [5.74, 6) is -2.28. The number of carbonyl (C=O) groups excluding carboxylic acids is 6. The highest BCUT2D eigenvalue weighted by Crippen LogP contribution is 2.65. The maximum atomic E-state index is 14.1. The number of rotatable bonds is 16. The van der Waals surface area contributed by atoms with Gasteiger partial charge in [-0.05, 0) is 48.5 Å². The lowest BCUT2D eigenvalue weighted by atomic mass is 9.42. The van der Waals surface area contributed by atoms with Crippen molar-refractivity contribution < 1.29 is 65.6 Å². The number of urea groups is 2. The number of nitrogens with one attached hydrogen (secondary N) is 2. The molecule has 21 nitrogen and oxygen atoms in total. The molecule has 6 rings (SSSR count). The molecule has 6 aliphatic rings. The molecule has 5 heterocycles. The smallest absolute Gasteiger partial charge is 0.333 e. The molecule has 23 heteroatoms. The van der Waals surface area contributed by atoms with Crippen molar-refractivity contribution in [1.29, 1.82) is 10.5 Å². The van der Waals surface area contributed by atoms with E-state index in [1.165, 1.54) is 16.7 Å². The van der Waals surface area contributed by atoms with Gasteiger partial charge in [0.25, 0.3) is 8.53 Å². The molecular weight excluding hydrogens is 828 g/mol. The number of ketones is 1. The second-order valence-corrected chi connectivity index (χ2v) is 18.9. The van der Waals surface area contributed by atoms with Crippen LogP contribution in [-0.4, -0.2) is 138 Å². The van der Waals surface area contributed by atoms with E-state index in [4.69, 9.17) is 36.8 Å². The monoisotopic (exact) mass is 881 g/mol. The lowest BCUT2D eigenvalue weighted by Gasteiger charge is -2.72. The third kappa shape index (κ3) is 8.64. The molecule has 4 unspecified atom stereocenters. The Morgan fingerprint density at radius 3 is 2.05 bits per heavy atom. The standard InChI is InChI=1S/C37H53N7O14P2/c1-20(2)44(21(3)4)59(52-14-8-12-38)57-23-16-27-42-30-31-37(7,36(30,6)32(47)40-34(42)49)33(48)41-35(50)43(31)28-17-24(25(55-28)18-51-29(46)11-10-22(5)45)58-60(53-15-9-13-39)54-19-26(23)56-27/h20-21,23-28,30-31H,8-11,14-19H2,1-7H3,(H,40,47,49)(H,41,48,50)/t23-,24-,25+,26+,27+,28+,30?,31?,36-,37+,59?,60?/m0/s1. The van der Waals surface area contributed by atoms with Gasteiger partial charge in [0.05, 0.1) is 80.2 Å². The van der Waals surface area contributed by atoms with E-state index in [9.17, 15) is 39.3 Å². The number of nitriles is 2. The van der Waals surface area contributed by atoms with E-state index < -0.39 is 107 Å². The molecular formula is C37H53N7O14P2. The van der Waals surface area contributed by atoms with Crippen LogP contribution in [0.4, 0.5) is 9.59 Å². The summed E-state index contributed by atoms with van der Waals surface area (Å²) in [5.41, 5.74) is -3.15. The van der Waals surface area contributed by atoms with Crippen molar-refractivity contribution in [3.63, 3.8) is 0 Å². The number of esters is 1. The molecule has 4 bridgehead atoms. The zero-order valence-corrected chi connectivity index (χ0v) is 36.5. The first-order valence-corrected chi connectivity index (χ1v) is 22.3. The van der Waals surface area contributed by atoms with Crippen molar-refractivity contribution in [1.82, 2.24) is 25.1 Å². The van der Waals surface area contributed by atoms with E-state index in [-0.39, 0.29) is 82.8 Å². The molecule has 12 atom stereocenters. The van der Waals surface area contributed by atoms with Gasteiger partial charge in [-0.3, -0.25) is 34.8 Å². The Labute approximate surface area is 350 Å². The van der Waals surface area contributed by atoms with Crippen LogP contribution in [0, 0.1) is 33.5 Å². The number of Topliss-reactive ketones (excluding diaryl/α,β-unsaturated/α-hetero) is 1. The predicted molar refractivity (Wildman–Crippen MR) is 206 cm³/mol. The second kappa shape index (κ2) is 18.9. The van der Waals surface area contributed by atoms with Crippen LogP contribution in [0.3, 0.4) is 0 Å². The van der Waals surface area contributed by atoms with Crippen molar-refractivity contribution in [2.75, 3.05) is 26.4 Å². The number of nitrogens with zero attached hydrogens (tertiary/aromatic N) is 5. The van der Waals surface area contributed by atoms with Crippen LogP contribution in [0.15, 0.2) is 0 Å². The van der Waals surface area contributed by atoms with Crippen molar-refractivity contribution in [2.24, 2.45) is 10.8 Å². The minimum Gasteiger partial charge on any atom is -0.463 e. The summed E-state index contributed by atoms with van der Waals surface area (Å²) >= 11 is 0. The fourth-order valence-electron chi connectivity index (χ4n) is 8.91. The Morgan fingerprint density at radius 1 is 0.900 bits per heavy atom. The lowest BCUT2D eigenvalue weighted by molar-refractivity contribution is -0.242. The highest BCUT2D eigenvalue weighted by molar-refractivity contribution is 7.44. The topological polar surface area (TPSA) is 258 Å². The third-order valence-corrected chi connectivity index (χ3v) is 15.3. The minimum absolute atomic E-state index is 0.00394. The molecule has 0 aromatic heterocycles. The van der Waals surface area contributed by atoms with Crippen molar-refractivity contribution in [2.45, 2.75) is 148 Å². The fraction of sp³-hybridized carbons (Fsp3) is 0.784. The van der Waals surface area contributed by atoms with Gasteiger partial charge in [0.2, 0.25) is 11.8 Å². The van der Waals surface area contributed by atoms with Gasteiger partial charge in [0.15, 0.2) is 0 Å². The van der Waals surface area contributed by atoms with Crippen LogP contribution in [0.5, 0.6) is 0 Å². The first kappa shape index (κ1) is 46.1. The molecule has 2 N–H and O–H groups in total. The molecule has 6 amide bonds. The van der Waals surface area contributed by atoms with E-state index in [2.05, 4.69) is 16.7 Å². The number of carbonyl (C=O) groups is 6. The lowest BCUT2D eigenvalue weighted by Crippen LogP contribution is -2.92. The molecule has 5 saturated heterocycles. The Morgan fingerprint density at radius 2 is 1.48 bits per heavy atom. The molecule has 1 saturated carbocycles. The summed E-state index contributed by atoms with van der Waals surface area (Å²) in [6.07, 6.45) is -6.03. The molecule has 0 spiro atoms. The van der Waals surface area contributed by atoms with E-state index in [0.717, 1.165) is 0 Å². The van der Waals surface area contributed by atoms with Crippen molar-refractivity contribution in [3.05, 3.63) is 0 Å². The summed E-state index contributed by atoms with van der Waals surface area (Å²) in [5, 5.41) is 23.4. The van der Waals surface area contributed by atoms with Gasteiger partial charge in [-0.25, -0.2) is 14.3 Å². The molecule has 6 fully saturated rings. The maximum absolute atomic E-state index is 14.1. The van der Waals surface area contributed by atoms with Gasteiger partial charge >= 0.3 is 26.6 Å². The number of imide groups is 2. The summed E-state index contributed by atoms with van der Waals surface area (Å²) in [7, 11) is -4.12. The highest BCUT2D eigenvalue weighted by Gasteiger charge is 2.82. The molecule has 60 heavy (non-hydrogen) atoms. The first-order chi connectivity index (χ1) is 28.5. The summed E-state index contributed by atoms with van der Waals surface area (Å²) in [4.78, 5) is 82.9. The minimum atomic E-state index is -2.29. The molecule has 330 valence electrons. The number of amides is 6. The molecule has 0 radical (unpaired) electrons. The number of ether oxygens (including phenoxy) is 3. The second-order valence-electron chi connectivity index (χ2n) is 16.3. The zero-order valence-electron chi connectivity index (χ0n) is 34.7. The first-order valence-electron chi connectivity index (χ1n) is 20.1. The van der Waals surface area contributed by atoms with Gasteiger partial charge in [0.1, 0.15) is 43.2 Å². The van der Waals surface area contributed by atoms with E-state index >= 15 is 0 Å². The van der Waals surface area contributed by atoms with Crippen LogP contribution in [0.2, 0.25) is 0 Å². The third-order valence-electron chi connectivity index (χ3n) is 11.9. The predicted octanol–water partition coefficient (Wildman–Crippen LogP) is 3.23. The molecule has 0 aromatic rings. The van der Waals surface area contributed by atoms with Gasteiger partial charge in [0, 0.05) is 31.3 Å². The Hall–Kier alpha value is -3.46. The SMILES string of the molecule is CC(=O)CCC(=O)OC[C@H]1O[C@@H]2C[C@@H]1OP(OCCC#N)OC[C@H]1O[C@H](C[C@@H]1OP(OCCC#N)N(C(C)C)C(C)C)N1C(=O)NC(=O)[C@]3(C)C1C1N2C(=O)NC(=O)[C@@]13C. The number of hydrogen-bond acceptors (Lipinski definition) is 17. The van der Waals surface area contributed by atoms with E-state index in [1.807, 2.05) is 38.4 Å². The Bertz CT molecular complexity index is 1770. The largest absolute Gasteiger partial charge is 0.463 e. The highest BCUT2D eigenvalue weighted by atomic mass is 31.2. The molecule has 5 aliphatic heterocycles. The van der Waals surface area contributed by atoms with E-state index in [0.29, 0.717) is 0 Å². The Balaban J connectivity index is 1.41. The van der Waals surface area contributed by atoms with Crippen LogP contribution < -0.4 is 10.6 Å². The Kier molecular flexibility index (Phi) is 14.5. The normalized spacial score (nSPS) is 35.2. The van der Waals surface area contributed by atoms with Gasteiger partial charge in [-0.1, -0.05) is 0 Å². The average Bonchev–Trinajstić information content (AvgIpc) is 3.77. The van der Waals surface area contributed by atoms with Gasteiger partial charge in [-0.15, -0.1) is 0 Å². The van der Waals surface area contributed by atoms with Gasteiger partial charge in [-0.2, -0.15) is 10.5 Å².